The van der Waals surface area contributed by atoms with Crippen LogP contribution in [0.2, 0.25) is 10.0 Å². The molecule has 162 valence electrons. The standard InChI is InChI=1S/C22H22Cl2N4O2S/c23-18-6-2-16(3-7-18)14-27-10-1-11-28(13-12-27)20(29)15-31-22-26-25-21(30-22)17-4-8-19(24)9-5-17/h2-9H,1,10-15H2. The molecule has 0 saturated carbocycles. The molecule has 0 bridgehead atoms. The molecule has 31 heavy (non-hydrogen) atoms. The lowest BCUT2D eigenvalue weighted by atomic mass is 10.2. The molecule has 0 radical (unpaired) electrons. The minimum atomic E-state index is 0.0876. The van der Waals surface area contributed by atoms with E-state index in [1.54, 1.807) is 12.1 Å². The molecule has 0 spiro atoms. The van der Waals surface area contributed by atoms with Crippen molar-refractivity contribution in [2.24, 2.45) is 0 Å². The zero-order chi connectivity index (χ0) is 21.6. The summed E-state index contributed by atoms with van der Waals surface area (Å²) in [5.74, 6) is 0.781. The third kappa shape index (κ3) is 6.23. The van der Waals surface area contributed by atoms with Crippen LogP contribution in [0.1, 0.15) is 12.0 Å². The first-order valence-corrected chi connectivity index (χ1v) is 11.8. The number of thioether (sulfide) groups is 1. The number of nitrogens with zero attached hydrogens (tertiary/aromatic N) is 4. The highest BCUT2D eigenvalue weighted by molar-refractivity contribution is 7.99. The number of carbonyl (C=O) groups is 1. The Balaban J connectivity index is 1.26. The van der Waals surface area contributed by atoms with Crippen molar-refractivity contribution in [2.75, 3.05) is 31.9 Å². The summed E-state index contributed by atoms with van der Waals surface area (Å²) < 4.78 is 5.67. The van der Waals surface area contributed by atoms with Crippen LogP contribution in [0.3, 0.4) is 0 Å². The lowest BCUT2D eigenvalue weighted by Crippen LogP contribution is -2.36. The summed E-state index contributed by atoms with van der Waals surface area (Å²) in [6.45, 7) is 4.15. The van der Waals surface area contributed by atoms with E-state index in [1.165, 1.54) is 17.3 Å². The van der Waals surface area contributed by atoms with Gasteiger partial charge < -0.3 is 9.32 Å². The molecule has 4 rings (SSSR count). The molecular weight excluding hydrogens is 455 g/mol. The maximum Gasteiger partial charge on any atom is 0.277 e. The fraction of sp³-hybridized carbons (Fsp3) is 0.318. The Morgan fingerprint density at radius 2 is 1.65 bits per heavy atom. The molecule has 1 aliphatic heterocycles. The molecule has 1 amide bonds. The molecule has 0 atom stereocenters. The Hall–Kier alpha value is -2.06. The number of carbonyl (C=O) groups excluding carboxylic acids is 1. The van der Waals surface area contributed by atoms with Crippen molar-refractivity contribution in [3.8, 4) is 11.5 Å². The molecule has 2 aromatic carbocycles. The number of halogens is 2. The number of amides is 1. The summed E-state index contributed by atoms with van der Waals surface area (Å²) in [4.78, 5) is 17.0. The first-order chi connectivity index (χ1) is 15.1. The first-order valence-electron chi connectivity index (χ1n) is 10.0. The van der Waals surface area contributed by atoms with Crippen molar-refractivity contribution in [1.29, 1.82) is 0 Å². The van der Waals surface area contributed by atoms with E-state index in [2.05, 4.69) is 27.2 Å². The van der Waals surface area contributed by atoms with Gasteiger partial charge in [0.25, 0.3) is 5.22 Å². The number of hydrogen-bond acceptors (Lipinski definition) is 6. The Bertz CT molecular complexity index is 1010. The molecule has 0 N–H and O–H groups in total. The highest BCUT2D eigenvalue weighted by atomic mass is 35.5. The molecule has 1 saturated heterocycles. The summed E-state index contributed by atoms with van der Waals surface area (Å²) in [6, 6.07) is 15.1. The minimum Gasteiger partial charge on any atom is -0.411 e. The summed E-state index contributed by atoms with van der Waals surface area (Å²) >= 11 is 13.1. The van der Waals surface area contributed by atoms with Gasteiger partial charge in [0.1, 0.15) is 0 Å². The highest BCUT2D eigenvalue weighted by Gasteiger charge is 2.20. The van der Waals surface area contributed by atoms with E-state index in [1.807, 2.05) is 29.2 Å². The van der Waals surface area contributed by atoms with E-state index in [9.17, 15) is 4.79 Å². The molecule has 9 heteroatoms. The van der Waals surface area contributed by atoms with Crippen molar-refractivity contribution < 1.29 is 9.21 Å². The SMILES string of the molecule is O=C(CSc1nnc(-c2ccc(Cl)cc2)o1)N1CCCN(Cc2ccc(Cl)cc2)CC1. The van der Waals surface area contributed by atoms with Gasteiger partial charge in [-0.3, -0.25) is 9.69 Å². The largest absolute Gasteiger partial charge is 0.411 e. The molecule has 0 unspecified atom stereocenters. The predicted molar refractivity (Wildman–Crippen MR) is 123 cm³/mol. The molecule has 1 aliphatic rings. The average molecular weight is 477 g/mol. The molecule has 2 heterocycles. The normalized spacial score (nSPS) is 15.1. The zero-order valence-corrected chi connectivity index (χ0v) is 19.2. The van der Waals surface area contributed by atoms with Crippen LogP contribution >= 0.6 is 35.0 Å². The van der Waals surface area contributed by atoms with Crippen LogP contribution in [0.4, 0.5) is 0 Å². The van der Waals surface area contributed by atoms with E-state index >= 15 is 0 Å². The van der Waals surface area contributed by atoms with Crippen LogP contribution in [0.5, 0.6) is 0 Å². The Morgan fingerprint density at radius 1 is 0.935 bits per heavy atom. The summed E-state index contributed by atoms with van der Waals surface area (Å²) in [5.41, 5.74) is 2.02. The van der Waals surface area contributed by atoms with Crippen LogP contribution in [-0.2, 0) is 11.3 Å². The number of rotatable bonds is 6. The zero-order valence-electron chi connectivity index (χ0n) is 16.8. The third-order valence-electron chi connectivity index (χ3n) is 5.08. The van der Waals surface area contributed by atoms with Crippen molar-refractivity contribution in [3.05, 3.63) is 64.1 Å². The van der Waals surface area contributed by atoms with Gasteiger partial charge in [0.15, 0.2) is 0 Å². The maximum absolute atomic E-state index is 12.7. The fourth-order valence-electron chi connectivity index (χ4n) is 3.42. The summed E-state index contributed by atoms with van der Waals surface area (Å²) in [5, 5.41) is 9.88. The number of benzene rings is 2. The minimum absolute atomic E-state index is 0.0876. The lowest BCUT2D eigenvalue weighted by Gasteiger charge is -2.22. The maximum atomic E-state index is 12.7. The van der Waals surface area contributed by atoms with Gasteiger partial charge in [0.2, 0.25) is 11.8 Å². The summed E-state index contributed by atoms with van der Waals surface area (Å²) in [7, 11) is 0. The molecule has 0 aliphatic carbocycles. The van der Waals surface area contributed by atoms with Gasteiger partial charge in [-0.1, -0.05) is 47.1 Å². The van der Waals surface area contributed by atoms with Crippen LogP contribution < -0.4 is 0 Å². The second-order valence-electron chi connectivity index (χ2n) is 7.31. The van der Waals surface area contributed by atoms with Crippen LogP contribution in [0.25, 0.3) is 11.5 Å². The monoisotopic (exact) mass is 476 g/mol. The Morgan fingerprint density at radius 3 is 2.39 bits per heavy atom. The number of aromatic nitrogens is 2. The van der Waals surface area contributed by atoms with Crippen LogP contribution in [0.15, 0.2) is 58.2 Å². The van der Waals surface area contributed by atoms with Gasteiger partial charge in [-0.25, -0.2) is 0 Å². The van der Waals surface area contributed by atoms with E-state index < -0.39 is 0 Å². The summed E-state index contributed by atoms with van der Waals surface area (Å²) in [6.07, 6.45) is 0.950. The molecule has 1 fully saturated rings. The highest BCUT2D eigenvalue weighted by Crippen LogP contribution is 2.24. The van der Waals surface area contributed by atoms with Crippen LogP contribution in [-0.4, -0.2) is 57.8 Å². The predicted octanol–water partition coefficient (Wildman–Crippen LogP) is 4.87. The average Bonchev–Trinajstić information content (AvgIpc) is 3.13. The van der Waals surface area contributed by atoms with Gasteiger partial charge >= 0.3 is 0 Å². The number of hydrogen-bond donors (Lipinski definition) is 0. The molecule has 6 nitrogen and oxygen atoms in total. The fourth-order valence-corrected chi connectivity index (χ4v) is 4.34. The lowest BCUT2D eigenvalue weighted by molar-refractivity contribution is -0.128. The van der Waals surface area contributed by atoms with Crippen molar-refractivity contribution >= 4 is 40.9 Å². The van der Waals surface area contributed by atoms with E-state index in [0.29, 0.717) is 22.7 Å². The van der Waals surface area contributed by atoms with Gasteiger partial charge in [-0.15, -0.1) is 10.2 Å². The van der Waals surface area contributed by atoms with Crippen LogP contribution in [0, 0.1) is 0 Å². The first kappa shape index (κ1) is 22.1. The van der Waals surface area contributed by atoms with Gasteiger partial charge in [0.05, 0.1) is 5.75 Å². The van der Waals surface area contributed by atoms with Crippen molar-refractivity contribution in [2.45, 2.75) is 18.2 Å². The second kappa shape index (κ2) is 10.5. The van der Waals surface area contributed by atoms with Crippen molar-refractivity contribution in [3.63, 3.8) is 0 Å². The van der Waals surface area contributed by atoms with Gasteiger partial charge in [-0.2, -0.15) is 0 Å². The topological polar surface area (TPSA) is 62.5 Å². The smallest absolute Gasteiger partial charge is 0.277 e. The quantitative estimate of drug-likeness (QED) is 0.472. The molecule has 3 aromatic rings. The Kier molecular flexibility index (Phi) is 7.50. The Labute approximate surface area is 195 Å². The third-order valence-corrected chi connectivity index (χ3v) is 6.38. The van der Waals surface area contributed by atoms with E-state index in [4.69, 9.17) is 27.6 Å². The second-order valence-corrected chi connectivity index (χ2v) is 9.11. The molecular formula is C22H22Cl2N4O2S. The molecule has 1 aromatic heterocycles. The van der Waals surface area contributed by atoms with Gasteiger partial charge in [-0.05, 0) is 48.4 Å². The van der Waals surface area contributed by atoms with Crippen molar-refractivity contribution in [1.82, 2.24) is 20.0 Å². The van der Waals surface area contributed by atoms with Gasteiger partial charge in [0, 0.05) is 48.3 Å². The van der Waals surface area contributed by atoms with E-state index in [-0.39, 0.29) is 11.7 Å². The van der Waals surface area contributed by atoms with E-state index in [0.717, 1.165) is 43.2 Å².